The van der Waals surface area contributed by atoms with E-state index in [0.717, 1.165) is 17.7 Å². The number of carbonyl (C=O) groups excluding carboxylic acids is 1. The number of fused-ring (bicyclic) bond motifs is 1. The second-order valence-corrected chi connectivity index (χ2v) is 9.66. The number of para-hydroxylation sites is 1. The van der Waals surface area contributed by atoms with Gasteiger partial charge < -0.3 is 9.64 Å². The fraction of sp³-hybridized carbons (Fsp3) is 0.562. The van der Waals surface area contributed by atoms with Crippen molar-refractivity contribution in [2.24, 2.45) is 0 Å². The van der Waals surface area contributed by atoms with Gasteiger partial charge in [-0.15, -0.1) is 0 Å². The molecular formula is C32H46N2O2. The molecule has 1 heterocycles. The molecular weight excluding hydrogens is 444 g/mol. The largest absolute Gasteiger partial charge is 0.462 e. The van der Waals surface area contributed by atoms with Gasteiger partial charge in [-0.2, -0.15) is 5.26 Å². The highest BCUT2D eigenvalue weighted by atomic mass is 16.5. The third-order valence-electron chi connectivity index (χ3n) is 6.76. The maximum absolute atomic E-state index is 11.9. The van der Waals surface area contributed by atoms with E-state index in [1.165, 1.54) is 95.6 Å². The number of unbranched alkanes of at least 4 members (excludes halogenated alkanes) is 13. The van der Waals surface area contributed by atoms with Gasteiger partial charge >= 0.3 is 5.97 Å². The third kappa shape index (κ3) is 10.9. The predicted octanol–water partition coefficient (Wildman–Crippen LogP) is 8.90. The lowest BCUT2D eigenvalue weighted by molar-refractivity contribution is -0.138. The van der Waals surface area contributed by atoms with E-state index in [2.05, 4.69) is 42.3 Å². The van der Waals surface area contributed by atoms with Gasteiger partial charge in [0.15, 0.2) is 0 Å². The number of rotatable bonds is 18. The smallest absolute Gasteiger partial charge is 0.348 e. The molecule has 0 aromatic heterocycles. The Kier molecular flexibility index (Phi) is 15.1. The fourth-order valence-corrected chi connectivity index (χ4v) is 4.66. The van der Waals surface area contributed by atoms with E-state index >= 15 is 0 Å². The zero-order chi connectivity index (χ0) is 25.8. The van der Waals surface area contributed by atoms with Gasteiger partial charge in [-0.25, -0.2) is 4.79 Å². The number of esters is 1. The summed E-state index contributed by atoms with van der Waals surface area (Å²) in [6, 6.07) is 10.2. The molecule has 0 atom stereocenters. The monoisotopic (exact) mass is 490 g/mol. The standard InChI is InChI=1S/C32H46N2O2/c1-3-5-6-7-8-9-10-11-12-13-14-15-16-19-25-34-26-24-28(30-20-17-18-21-31(30)34)22-23-29(27-33)32(35)36-4-2/h17-18,20-24,26H,3-16,19,25H2,1-2H3. The van der Waals surface area contributed by atoms with Gasteiger partial charge in [0.2, 0.25) is 0 Å². The number of carbonyl (C=O) groups is 1. The summed E-state index contributed by atoms with van der Waals surface area (Å²) >= 11 is 0. The number of benzene rings is 1. The Labute approximate surface area is 219 Å². The Morgan fingerprint density at radius 3 is 2.06 bits per heavy atom. The number of hydrogen-bond donors (Lipinski definition) is 0. The molecule has 0 fully saturated rings. The molecule has 1 aliphatic heterocycles. The van der Waals surface area contributed by atoms with Gasteiger partial charge in [-0.05, 0) is 37.1 Å². The Bertz CT molecular complexity index is 907. The first kappa shape index (κ1) is 29.4. The first-order valence-corrected chi connectivity index (χ1v) is 14.2. The molecule has 4 nitrogen and oxygen atoms in total. The van der Waals surface area contributed by atoms with Crippen LogP contribution in [-0.4, -0.2) is 19.1 Å². The number of hydrogen-bond acceptors (Lipinski definition) is 4. The molecule has 0 N–H and O–H groups in total. The summed E-state index contributed by atoms with van der Waals surface area (Å²) in [7, 11) is 0. The minimum absolute atomic E-state index is 0.0140. The van der Waals surface area contributed by atoms with Crippen LogP contribution >= 0.6 is 0 Å². The number of nitriles is 1. The highest BCUT2D eigenvalue weighted by Gasteiger charge is 2.15. The molecule has 0 unspecified atom stereocenters. The van der Waals surface area contributed by atoms with Crippen LogP contribution in [0.3, 0.4) is 0 Å². The molecule has 0 radical (unpaired) electrons. The number of allylic oxidation sites excluding steroid dienone is 4. The van der Waals surface area contributed by atoms with Crippen molar-refractivity contribution in [2.75, 3.05) is 18.1 Å². The van der Waals surface area contributed by atoms with Gasteiger partial charge in [0.1, 0.15) is 11.6 Å². The first-order chi connectivity index (χ1) is 17.7. The predicted molar refractivity (Wildman–Crippen MR) is 152 cm³/mol. The van der Waals surface area contributed by atoms with E-state index in [1.807, 2.05) is 18.2 Å². The van der Waals surface area contributed by atoms with Gasteiger partial charge in [-0.3, -0.25) is 0 Å². The lowest BCUT2D eigenvalue weighted by Gasteiger charge is -2.27. The van der Waals surface area contributed by atoms with E-state index in [9.17, 15) is 10.1 Å². The van der Waals surface area contributed by atoms with Crippen molar-refractivity contribution in [2.45, 2.75) is 104 Å². The van der Waals surface area contributed by atoms with Crippen LogP contribution in [0, 0.1) is 11.3 Å². The van der Waals surface area contributed by atoms with Gasteiger partial charge in [-0.1, -0.05) is 115 Å². The molecule has 1 aromatic carbocycles. The van der Waals surface area contributed by atoms with E-state index in [0.29, 0.717) is 0 Å². The van der Waals surface area contributed by atoms with Crippen LogP contribution in [0.15, 0.2) is 54.3 Å². The molecule has 36 heavy (non-hydrogen) atoms. The Balaban J connectivity index is 1.70. The van der Waals surface area contributed by atoms with Crippen molar-refractivity contribution in [3.63, 3.8) is 0 Å². The summed E-state index contributed by atoms with van der Waals surface area (Å²) in [6.07, 6.45) is 26.7. The van der Waals surface area contributed by atoms with E-state index in [-0.39, 0.29) is 12.2 Å². The van der Waals surface area contributed by atoms with Crippen molar-refractivity contribution in [1.82, 2.24) is 0 Å². The van der Waals surface area contributed by atoms with Gasteiger partial charge in [0.25, 0.3) is 0 Å². The summed E-state index contributed by atoms with van der Waals surface area (Å²) in [4.78, 5) is 14.2. The second kappa shape index (κ2) is 18.5. The summed E-state index contributed by atoms with van der Waals surface area (Å²) in [5, 5.41) is 9.27. The quantitative estimate of drug-likeness (QED) is 0.0892. The zero-order valence-electron chi connectivity index (χ0n) is 22.6. The van der Waals surface area contributed by atoms with E-state index in [1.54, 1.807) is 13.0 Å². The number of nitrogens with zero attached hydrogens (tertiary/aromatic N) is 2. The van der Waals surface area contributed by atoms with Crippen LogP contribution in [0.1, 0.15) is 109 Å². The minimum Gasteiger partial charge on any atom is -0.462 e. The lowest BCUT2D eigenvalue weighted by atomic mass is 9.98. The molecule has 1 aromatic rings. The molecule has 0 amide bonds. The van der Waals surface area contributed by atoms with Crippen molar-refractivity contribution >= 4 is 17.2 Å². The topological polar surface area (TPSA) is 53.3 Å². The summed E-state index contributed by atoms with van der Waals surface area (Å²) in [5.74, 6) is -0.579. The van der Waals surface area contributed by atoms with E-state index < -0.39 is 5.97 Å². The molecule has 0 aliphatic carbocycles. The van der Waals surface area contributed by atoms with Gasteiger partial charge in [0.05, 0.1) is 6.61 Å². The van der Waals surface area contributed by atoms with Crippen LogP contribution in [0.25, 0.3) is 5.57 Å². The summed E-state index contributed by atoms with van der Waals surface area (Å²) in [6.45, 7) is 5.27. The number of anilines is 1. The maximum Gasteiger partial charge on any atom is 0.348 e. The van der Waals surface area contributed by atoms with Crippen LogP contribution < -0.4 is 4.90 Å². The van der Waals surface area contributed by atoms with Gasteiger partial charge in [0, 0.05) is 24.0 Å². The highest BCUT2D eigenvalue weighted by Crippen LogP contribution is 2.33. The van der Waals surface area contributed by atoms with Crippen molar-refractivity contribution in [3.8, 4) is 6.07 Å². The Morgan fingerprint density at radius 2 is 1.47 bits per heavy atom. The molecule has 196 valence electrons. The summed E-state index contributed by atoms with van der Waals surface area (Å²) in [5.41, 5.74) is 3.28. The average molecular weight is 491 g/mol. The van der Waals surface area contributed by atoms with Crippen LogP contribution in [0.2, 0.25) is 0 Å². The SMILES string of the molecule is CCCCCCCCCCCCCCCCN1C=CC(=CC=C(C#N)C(=O)OCC)c2ccccc21. The van der Waals surface area contributed by atoms with Crippen molar-refractivity contribution in [3.05, 3.63) is 59.8 Å². The maximum atomic E-state index is 11.9. The summed E-state index contributed by atoms with van der Waals surface area (Å²) < 4.78 is 4.95. The zero-order valence-corrected chi connectivity index (χ0v) is 22.6. The van der Waals surface area contributed by atoms with Crippen molar-refractivity contribution < 1.29 is 9.53 Å². The van der Waals surface area contributed by atoms with Crippen molar-refractivity contribution in [1.29, 1.82) is 5.26 Å². The average Bonchev–Trinajstić information content (AvgIpc) is 2.90. The second-order valence-electron chi connectivity index (χ2n) is 9.66. The molecule has 0 bridgehead atoms. The molecule has 0 saturated carbocycles. The Hall–Kier alpha value is -2.80. The molecule has 4 heteroatoms. The molecule has 0 spiro atoms. The minimum atomic E-state index is -0.579. The molecule has 0 saturated heterocycles. The van der Waals surface area contributed by atoms with Crippen LogP contribution in [-0.2, 0) is 9.53 Å². The lowest BCUT2D eigenvalue weighted by Crippen LogP contribution is -2.21. The highest BCUT2D eigenvalue weighted by molar-refractivity contribution is 5.94. The Morgan fingerprint density at radius 1 is 0.889 bits per heavy atom. The first-order valence-electron chi connectivity index (χ1n) is 14.2. The van der Waals surface area contributed by atoms with Crippen LogP contribution in [0.4, 0.5) is 5.69 Å². The third-order valence-corrected chi connectivity index (χ3v) is 6.76. The normalized spacial score (nSPS) is 14.1. The fourth-order valence-electron chi connectivity index (χ4n) is 4.66. The number of ether oxygens (including phenoxy) is 1. The van der Waals surface area contributed by atoms with Crippen LogP contribution in [0.5, 0.6) is 0 Å². The van der Waals surface area contributed by atoms with E-state index in [4.69, 9.17) is 4.74 Å². The molecule has 1 aliphatic rings. The molecule has 2 rings (SSSR count).